The van der Waals surface area contributed by atoms with Gasteiger partial charge in [-0.2, -0.15) is 0 Å². The van der Waals surface area contributed by atoms with E-state index in [0.29, 0.717) is 12.5 Å². The van der Waals surface area contributed by atoms with Crippen molar-refractivity contribution in [2.45, 2.75) is 19.4 Å². The molecule has 0 radical (unpaired) electrons. The minimum Gasteiger partial charge on any atom is -0.478 e. The number of nitrogens with two attached hydrogens (primary N) is 1. The van der Waals surface area contributed by atoms with Gasteiger partial charge in [0, 0.05) is 6.54 Å². The van der Waals surface area contributed by atoms with Gasteiger partial charge in [0.2, 0.25) is 0 Å². The van der Waals surface area contributed by atoms with Gasteiger partial charge in [0.1, 0.15) is 5.82 Å². The van der Waals surface area contributed by atoms with Gasteiger partial charge in [-0.05, 0) is 56.1 Å². The number of piperidine rings is 1. The second-order valence-electron chi connectivity index (χ2n) is 5.07. The zero-order valence-corrected chi connectivity index (χ0v) is 10.8. The second-order valence-corrected chi connectivity index (χ2v) is 5.07. The molecule has 1 fully saturated rings. The van der Waals surface area contributed by atoms with Crippen molar-refractivity contribution in [1.29, 1.82) is 0 Å². The molecule has 5 heteroatoms. The van der Waals surface area contributed by atoms with Crippen LogP contribution in [0, 0.1) is 11.7 Å². The van der Waals surface area contributed by atoms with Crippen LogP contribution in [0.4, 0.5) is 4.39 Å². The van der Waals surface area contributed by atoms with Crippen LogP contribution in [0.1, 0.15) is 28.8 Å². The minimum atomic E-state index is -1.23. The fourth-order valence-electron chi connectivity index (χ4n) is 2.47. The van der Waals surface area contributed by atoms with Crippen LogP contribution in [0.15, 0.2) is 18.2 Å². The summed E-state index contributed by atoms with van der Waals surface area (Å²) in [6, 6.07) is 4.33. The molecule has 1 aliphatic heterocycles. The highest BCUT2D eigenvalue weighted by Crippen LogP contribution is 2.19. The second kappa shape index (κ2) is 6.12. The Hall–Kier alpha value is -1.46. The number of nitrogens with zero attached hydrogens (tertiary/aromatic N) is 1. The number of likely N-dealkylation sites (tertiary alicyclic amines) is 1. The normalized spacial score (nSPS) is 17.6. The Morgan fingerprint density at radius 3 is 2.63 bits per heavy atom. The van der Waals surface area contributed by atoms with Crippen LogP contribution in [0.2, 0.25) is 0 Å². The lowest BCUT2D eigenvalue weighted by Gasteiger charge is -2.31. The van der Waals surface area contributed by atoms with E-state index >= 15 is 0 Å². The summed E-state index contributed by atoms with van der Waals surface area (Å²) in [4.78, 5) is 13.0. The Labute approximate surface area is 112 Å². The SMILES string of the molecule is NCC1CCN(Cc2ccc(C(=O)O)c(F)c2)CC1. The number of aromatic carboxylic acids is 1. The first kappa shape index (κ1) is 14.0. The molecule has 19 heavy (non-hydrogen) atoms. The lowest BCUT2D eigenvalue weighted by atomic mass is 9.97. The van der Waals surface area contributed by atoms with E-state index in [0.717, 1.165) is 38.0 Å². The van der Waals surface area contributed by atoms with Gasteiger partial charge in [0.25, 0.3) is 0 Å². The third kappa shape index (κ3) is 3.52. The first-order chi connectivity index (χ1) is 9.10. The number of benzene rings is 1. The summed E-state index contributed by atoms with van der Waals surface area (Å²) < 4.78 is 13.6. The molecule has 0 bridgehead atoms. The van der Waals surface area contributed by atoms with Crippen molar-refractivity contribution in [2.24, 2.45) is 11.7 Å². The molecule has 1 saturated heterocycles. The van der Waals surface area contributed by atoms with Crippen molar-refractivity contribution in [3.63, 3.8) is 0 Å². The molecule has 1 aromatic rings. The van der Waals surface area contributed by atoms with E-state index in [-0.39, 0.29) is 5.56 Å². The molecule has 0 aliphatic carbocycles. The maximum atomic E-state index is 13.6. The van der Waals surface area contributed by atoms with E-state index in [1.807, 2.05) is 0 Å². The van der Waals surface area contributed by atoms with Gasteiger partial charge in [-0.15, -0.1) is 0 Å². The van der Waals surface area contributed by atoms with E-state index < -0.39 is 11.8 Å². The lowest BCUT2D eigenvalue weighted by Crippen LogP contribution is -2.35. The number of carboxylic acid groups (broad SMARTS) is 1. The Bertz CT molecular complexity index is 457. The predicted molar refractivity (Wildman–Crippen MR) is 70.4 cm³/mol. The van der Waals surface area contributed by atoms with Gasteiger partial charge >= 0.3 is 5.97 Å². The average molecular weight is 266 g/mol. The third-order valence-corrected chi connectivity index (χ3v) is 3.71. The molecule has 0 amide bonds. The molecule has 0 aromatic heterocycles. The molecule has 1 aromatic carbocycles. The van der Waals surface area contributed by atoms with Crippen molar-refractivity contribution in [2.75, 3.05) is 19.6 Å². The Morgan fingerprint density at radius 1 is 1.42 bits per heavy atom. The molecular weight excluding hydrogens is 247 g/mol. The van der Waals surface area contributed by atoms with Gasteiger partial charge in [-0.3, -0.25) is 4.90 Å². The quantitative estimate of drug-likeness (QED) is 0.870. The summed E-state index contributed by atoms with van der Waals surface area (Å²) in [6.45, 7) is 3.32. The van der Waals surface area contributed by atoms with E-state index in [9.17, 15) is 9.18 Å². The number of halogens is 1. The molecule has 0 unspecified atom stereocenters. The average Bonchev–Trinajstić information content (AvgIpc) is 2.39. The monoisotopic (exact) mass is 266 g/mol. The molecule has 104 valence electrons. The highest BCUT2D eigenvalue weighted by molar-refractivity contribution is 5.87. The number of carboxylic acids is 1. The topological polar surface area (TPSA) is 66.6 Å². The first-order valence-electron chi connectivity index (χ1n) is 6.54. The fourth-order valence-corrected chi connectivity index (χ4v) is 2.47. The highest BCUT2D eigenvalue weighted by Gasteiger charge is 2.18. The van der Waals surface area contributed by atoms with Gasteiger partial charge in [-0.1, -0.05) is 6.07 Å². The van der Waals surface area contributed by atoms with Crippen LogP contribution in [0.3, 0.4) is 0 Å². The van der Waals surface area contributed by atoms with E-state index in [1.54, 1.807) is 6.07 Å². The molecular formula is C14H19FN2O2. The van der Waals surface area contributed by atoms with Gasteiger partial charge in [0.15, 0.2) is 0 Å². The molecule has 1 aliphatic rings. The van der Waals surface area contributed by atoms with Crippen molar-refractivity contribution in [1.82, 2.24) is 4.90 Å². The van der Waals surface area contributed by atoms with Crippen LogP contribution in [0.25, 0.3) is 0 Å². The van der Waals surface area contributed by atoms with Crippen LogP contribution in [0.5, 0.6) is 0 Å². The molecule has 3 N–H and O–H groups in total. The van der Waals surface area contributed by atoms with Crippen molar-refractivity contribution >= 4 is 5.97 Å². The summed E-state index contributed by atoms with van der Waals surface area (Å²) in [5, 5.41) is 8.77. The van der Waals surface area contributed by atoms with Gasteiger partial charge in [-0.25, -0.2) is 9.18 Å². The van der Waals surface area contributed by atoms with E-state index in [4.69, 9.17) is 10.8 Å². The molecule has 1 heterocycles. The number of carbonyl (C=O) groups is 1. The first-order valence-corrected chi connectivity index (χ1v) is 6.54. The standard InChI is InChI=1S/C14H19FN2O2/c15-13-7-11(1-2-12(13)14(18)19)9-17-5-3-10(8-16)4-6-17/h1-2,7,10H,3-6,8-9,16H2,(H,18,19). The molecule has 4 nitrogen and oxygen atoms in total. The van der Waals surface area contributed by atoms with E-state index in [2.05, 4.69) is 4.90 Å². The van der Waals surface area contributed by atoms with Crippen LogP contribution < -0.4 is 5.73 Å². The van der Waals surface area contributed by atoms with E-state index in [1.165, 1.54) is 12.1 Å². The van der Waals surface area contributed by atoms with Crippen molar-refractivity contribution in [3.05, 3.63) is 35.1 Å². The molecule has 2 rings (SSSR count). The number of rotatable bonds is 4. The Balaban J connectivity index is 1.97. The third-order valence-electron chi connectivity index (χ3n) is 3.71. The van der Waals surface area contributed by atoms with Crippen LogP contribution in [-0.2, 0) is 6.54 Å². The summed E-state index contributed by atoms with van der Waals surface area (Å²) in [5.41, 5.74) is 6.18. The zero-order chi connectivity index (χ0) is 13.8. The Kier molecular flexibility index (Phi) is 4.50. The van der Waals surface area contributed by atoms with Gasteiger partial charge < -0.3 is 10.8 Å². The fraction of sp³-hybridized carbons (Fsp3) is 0.500. The molecule has 0 atom stereocenters. The van der Waals surface area contributed by atoms with Gasteiger partial charge in [0.05, 0.1) is 5.56 Å². The predicted octanol–water partition coefficient (Wildman–Crippen LogP) is 1.69. The maximum absolute atomic E-state index is 13.6. The van der Waals surface area contributed by atoms with Crippen molar-refractivity contribution < 1.29 is 14.3 Å². The zero-order valence-electron chi connectivity index (χ0n) is 10.8. The minimum absolute atomic E-state index is 0.273. The molecule has 0 saturated carbocycles. The maximum Gasteiger partial charge on any atom is 0.338 e. The van der Waals surface area contributed by atoms with Crippen LogP contribution >= 0.6 is 0 Å². The highest BCUT2D eigenvalue weighted by atomic mass is 19.1. The van der Waals surface area contributed by atoms with Crippen molar-refractivity contribution in [3.8, 4) is 0 Å². The summed E-state index contributed by atoms with van der Waals surface area (Å²) in [5.74, 6) is -1.29. The largest absolute Gasteiger partial charge is 0.478 e. The molecule has 0 spiro atoms. The number of hydrogen-bond acceptors (Lipinski definition) is 3. The van der Waals surface area contributed by atoms with Crippen LogP contribution in [-0.4, -0.2) is 35.6 Å². The number of hydrogen-bond donors (Lipinski definition) is 2. The lowest BCUT2D eigenvalue weighted by molar-refractivity contribution is 0.0692. The summed E-state index contributed by atoms with van der Waals surface area (Å²) in [7, 11) is 0. The summed E-state index contributed by atoms with van der Waals surface area (Å²) in [6.07, 6.45) is 2.15. The Morgan fingerprint density at radius 2 is 2.11 bits per heavy atom. The smallest absolute Gasteiger partial charge is 0.338 e. The summed E-state index contributed by atoms with van der Waals surface area (Å²) >= 11 is 0.